The Kier molecular flexibility index (Phi) is 6.70. The number of anilines is 3. The zero-order valence-electron chi connectivity index (χ0n) is 27.3. The van der Waals surface area contributed by atoms with E-state index in [-0.39, 0.29) is 0 Å². The van der Waals surface area contributed by atoms with E-state index >= 15 is 0 Å². The minimum Gasteiger partial charge on any atom is -0.278 e. The van der Waals surface area contributed by atoms with Gasteiger partial charge in [0.2, 0.25) is 5.95 Å². The van der Waals surface area contributed by atoms with Crippen LogP contribution in [0.15, 0.2) is 170 Å². The Morgan fingerprint density at radius 2 is 0.961 bits per heavy atom. The average molecular weight is 653 g/mol. The van der Waals surface area contributed by atoms with Crippen molar-refractivity contribution in [2.24, 2.45) is 0 Å². The highest BCUT2D eigenvalue weighted by atomic mass is 15.3. The first kappa shape index (κ1) is 28.9. The second-order valence-corrected chi connectivity index (χ2v) is 12.6. The Labute approximate surface area is 294 Å². The van der Waals surface area contributed by atoms with Gasteiger partial charge in [0, 0.05) is 39.2 Å². The molecule has 0 saturated heterocycles. The summed E-state index contributed by atoms with van der Waals surface area (Å²) in [6, 6.07) is 56.2. The van der Waals surface area contributed by atoms with E-state index < -0.39 is 0 Å². The van der Waals surface area contributed by atoms with Crippen molar-refractivity contribution in [1.82, 2.24) is 24.9 Å². The predicted molar refractivity (Wildman–Crippen MR) is 206 cm³/mol. The van der Waals surface area contributed by atoms with Gasteiger partial charge in [-0.3, -0.25) is 4.90 Å². The van der Waals surface area contributed by atoms with E-state index in [9.17, 15) is 0 Å². The molecule has 0 amide bonds. The molecule has 10 rings (SSSR count). The van der Waals surface area contributed by atoms with Crippen LogP contribution >= 0.6 is 0 Å². The second kappa shape index (κ2) is 11.8. The third-order valence-electron chi connectivity index (χ3n) is 9.49. The van der Waals surface area contributed by atoms with Gasteiger partial charge in [-0.25, -0.2) is 15.0 Å². The van der Waals surface area contributed by atoms with Crippen LogP contribution in [-0.2, 0) is 0 Å². The molecule has 6 aromatic carbocycles. The zero-order chi connectivity index (χ0) is 33.7. The number of para-hydroxylation sites is 1. The molecule has 1 aliphatic rings. The molecular weight excluding hydrogens is 625 g/mol. The van der Waals surface area contributed by atoms with Crippen LogP contribution in [0.2, 0.25) is 0 Å². The van der Waals surface area contributed by atoms with Crippen LogP contribution in [0.25, 0.3) is 78.1 Å². The minimum absolute atomic E-state index is 0.540. The van der Waals surface area contributed by atoms with Crippen LogP contribution in [0.3, 0.4) is 0 Å². The van der Waals surface area contributed by atoms with Gasteiger partial charge in [0.05, 0.1) is 17.1 Å². The van der Waals surface area contributed by atoms with E-state index in [1.54, 1.807) is 0 Å². The van der Waals surface area contributed by atoms with E-state index in [0.717, 1.165) is 66.6 Å². The van der Waals surface area contributed by atoms with Crippen molar-refractivity contribution in [2.45, 2.75) is 0 Å². The third kappa shape index (κ3) is 4.92. The molecule has 0 aliphatic carbocycles. The van der Waals surface area contributed by atoms with Crippen LogP contribution in [0.1, 0.15) is 0 Å². The van der Waals surface area contributed by atoms with Crippen LogP contribution in [-0.4, -0.2) is 24.9 Å². The molecule has 238 valence electrons. The number of rotatable bonds is 5. The topological polar surface area (TPSA) is 67.7 Å². The number of hydrogen-bond acceptors (Lipinski definition) is 6. The maximum Gasteiger partial charge on any atom is 0.238 e. The minimum atomic E-state index is 0.540. The molecule has 0 radical (unpaired) electrons. The Morgan fingerprint density at radius 3 is 1.67 bits per heavy atom. The lowest BCUT2D eigenvalue weighted by molar-refractivity contribution is 1.02. The fourth-order valence-electron chi connectivity index (χ4n) is 7.08. The van der Waals surface area contributed by atoms with E-state index in [4.69, 9.17) is 24.9 Å². The molecule has 0 unspecified atom stereocenters. The molecule has 4 heterocycles. The third-order valence-corrected chi connectivity index (χ3v) is 9.49. The summed E-state index contributed by atoms with van der Waals surface area (Å²) in [5, 5.41) is 3.09. The quantitative estimate of drug-likeness (QED) is 0.172. The van der Waals surface area contributed by atoms with E-state index in [1.165, 1.54) is 5.56 Å². The zero-order valence-corrected chi connectivity index (χ0v) is 27.3. The predicted octanol–water partition coefficient (Wildman–Crippen LogP) is 11.1. The van der Waals surface area contributed by atoms with Crippen molar-refractivity contribution >= 4 is 39.1 Å². The Hall–Kier alpha value is -7.05. The van der Waals surface area contributed by atoms with Gasteiger partial charge < -0.3 is 0 Å². The number of hydrogen-bond donors (Lipinski definition) is 0. The summed E-state index contributed by atoms with van der Waals surface area (Å²) in [5.41, 5.74) is 10.8. The highest BCUT2D eigenvalue weighted by molar-refractivity contribution is 6.19. The molecule has 1 aliphatic heterocycles. The molecule has 0 spiro atoms. The summed E-state index contributed by atoms with van der Waals surface area (Å²) in [7, 11) is 0. The average Bonchev–Trinajstić information content (AvgIpc) is 3.22. The van der Waals surface area contributed by atoms with Crippen molar-refractivity contribution < 1.29 is 0 Å². The monoisotopic (exact) mass is 652 g/mol. The van der Waals surface area contributed by atoms with Gasteiger partial charge in [-0.15, -0.1) is 0 Å². The van der Waals surface area contributed by atoms with Gasteiger partial charge >= 0.3 is 0 Å². The van der Waals surface area contributed by atoms with Crippen molar-refractivity contribution in [3.8, 4) is 56.3 Å². The van der Waals surface area contributed by atoms with Crippen LogP contribution < -0.4 is 4.90 Å². The molecule has 6 heteroatoms. The molecule has 9 aromatic rings. The van der Waals surface area contributed by atoms with Crippen LogP contribution in [0, 0.1) is 0 Å². The number of aromatic nitrogens is 5. The Bertz CT molecular complexity index is 2690. The molecule has 0 fully saturated rings. The maximum absolute atomic E-state index is 5.24. The van der Waals surface area contributed by atoms with Gasteiger partial charge in [-0.05, 0) is 46.3 Å². The Balaban J connectivity index is 1.20. The SMILES string of the molecule is c1ccc(-c2cccc(-c3cnc4nc5c6c(cccc6c4c3)N(c3nc(-c4ccccc4)nc(-c4ccccc4)n3)c3ccccc3-5)c2)cc1. The lowest BCUT2D eigenvalue weighted by Crippen LogP contribution is -2.19. The van der Waals surface area contributed by atoms with Gasteiger partial charge in [0.25, 0.3) is 0 Å². The standard InChI is InChI=1S/C45H28N6/c1-4-14-29(15-5-1)32-20-12-21-33(26-32)34-27-37-35-23-13-25-39-40(35)41(47-44(37)46-28-34)36-22-10-11-24-38(36)51(39)45-49-42(30-16-6-2-7-17-30)48-43(50-45)31-18-8-3-9-19-31/h1-28H. The highest BCUT2D eigenvalue weighted by Crippen LogP contribution is 2.50. The molecule has 6 nitrogen and oxygen atoms in total. The molecule has 3 aromatic heterocycles. The summed E-state index contributed by atoms with van der Waals surface area (Å²) in [4.78, 5) is 27.6. The summed E-state index contributed by atoms with van der Waals surface area (Å²) in [5.74, 6) is 1.76. The van der Waals surface area contributed by atoms with E-state index in [2.05, 4.69) is 95.9 Å². The van der Waals surface area contributed by atoms with Crippen molar-refractivity contribution in [1.29, 1.82) is 0 Å². The van der Waals surface area contributed by atoms with Gasteiger partial charge in [0.15, 0.2) is 17.3 Å². The number of fused-ring (bicyclic) bond motifs is 4. The number of benzene rings is 6. The van der Waals surface area contributed by atoms with Crippen molar-refractivity contribution in [3.05, 3.63) is 170 Å². The summed E-state index contributed by atoms with van der Waals surface area (Å²) in [6.07, 6.45) is 1.93. The van der Waals surface area contributed by atoms with Gasteiger partial charge in [0.1, 0.15) is 0 Å². The first-order valence-electron chi connectivity index (χ1n) is 16.9. The van der Waals surface area contributed by atoms with Crippen LogP contribution in [0.4, 0.5) is 17.3 Å². The fourth-order valence-corrected chi connectivity index (χ4v) is 7.08. The molecular formula is C45H28N6. The van der Waals surface area contributed by atoms with E-state index in [0.29, 0.717) is 23.2 Å². The normalized spacial score (nSPS) is 11.9. The molecule has 0 atom stereocenters. The summed E-state index contributed by atoms with van der Waals surface area (Å²) in [6.45, 7) is 0. The second-order valence-electron chi connectivity index (χ2n) is 12.6. The first-order chi connectivity index (χ1) is 25.3. The van der Waals surface area contributed by atoms with E-state index in [1.807, 2.05) is 79.0 Å². The first-order valence-corrected chi connectivity index (χ1v) is 16.9. The Morgan fingerprint density at radius 1 is 0.392 bits per heavy atom. The van der Waals surface area contributed by atoms with Gasteiger partial charge in [-0.1, -0.05) is 140 Å². The van der Waals surface area contributed by atoms with Gasteiger partial charge in [-0.2, -0.15) is 9.97 Å². The van der Waals surface area contributed by atoms with Crippen LogP contribution in [0.5, 0.6) is 0 Å². The van der Waals surface area contributed by atoms with Crippen molar-refractivity contribution in [2.75, 3.05) is 4.90 Å². The summed E-state index contributed by atoms with van der Waals surface area (Å²) >= 11 is 0. The fraction of sp³-hybridized carbons (Fsp3) is 0. The molecule has 0 saturated carbocycles. The summed E-state index contributed by atoms with van der Waals surface area (Å²) < 4.78 is 0. The highest BCUT2D eigenvalue weighted by Gasteiger charge is 2.30. The molecule has 51 heavy (non-hydrogen) atoms. The molecule has 0 N–H and O–H groups in total. The maximum atomic E-state index is 5.24. The number of pyridine rings is 2. The smallest absolute Gasteiger partial charge is 0.238 e. The number of nitrogens with zero attached hydrogens (tertiary/aromatic N) is 6. The lowest BCUT2D eigenvalue weighted by atomic mass is 9.93. The lowest BCUT2D eigenvalue weighted by Gasteiger charge is -2.31. The largest absolute Gasteiger partial charge is 0.278 e. The van der Waals surface area contributed by atoms with Crippen molar-refractivity contribution in [3.63, 3.8) is 0 Å². The molecule has 0 bridgehead atoms.